The maximum absolute atomic E-state index is 12.9. The molecule has 0 bridgehead atoms. The molecular formula is C20H22N2O5S2. The van der Waals surface area contributed by atoms with Gasteiger partial charge in [0, 0.05) is 29.2 Å². The molecule has 2 aromatic rings. The Balaban J connectivity index is 1.71. The molecule has 0 saturated heterocycles. The van der Waals surface area contributed by atoms with Crippen LogP contribution in [0.1, 0.15) is 19.8 Å². The van der Waals surface area contributed by atoms with Crippen LogP contribution >= 0.6 is 11.8 Å². The molecule has 29 heavy (non-hydrogen) atoms. The SMILES string of the molecule is COc1ccc(NC(=O)C[C@H](C)S(=O)(=O)c2ccc3c(c2)NC(=O)CCS3)cc1. The van der Waals surface area contributed by atoms with Gasteiger partial charge in [-0.1, -0.05) is 0 Å². The number of thioether (sulfide) groups is 1. The monoisotopic (exact) mass is 434 g/mol. The van der Waals surface area contributed by atoms with E-state index in [0.29, 0.717) is 29.3 Å². The number of carbonyl (C=O) groups is 2. The van der Waals surface area contributed by atoms with Crippen LogP contribution in [0.3, 0.4) is 0 Å². The molecule has 3 rings (SSSR count). The second-order valence-corrected chi connectivity index (χ2v) is 10.1. The van der Waals surface area contributed by atoms with Gasteiger partial charge < -0.3 is 15.4 Å². The number of fused-ring (bicyclic) bond motifs is 1. The second-order valence-electron chi connectivity index (χ2n) is 6.64. The molecule has 2 amide bonds. The lowest BCUT2D eigenvalue weighted by Crippen LogP contribution is -2.25. The van der Waals surface area contributed by atoms with Crippen LogP contribution in [0.5, 0.6) is 5.75 Å². The van der Waals surface area contributed by atoms with Crippen molar-refractivity contribution in [1.82, 2.24) is 0 Å². The summed E-state index contributed by atoms with van der Waals surface area (Å²) in [6.45, 7) is 1.50. The summed E-state index contributed by atoms with van der Waals surface area (Å²) in [5.74, 6) is 0.766. The molecule has 0 unspecified atom stereocenters. The third kappa shape index (κ3) is 5.10. The van der Waals surface area contributed by atoms with E-state index < -0.39 is 21.0 Å². The molecule has 1 aliphatic heterocycles. The lowest BCUT2D eigenvalue weighted by Gasteiger charge is -2.15. The van der Waals surface area contributed by atoms with Gasteiger partial charge in [0.1, 0.15) is 5.75 Å². The van der Waals surface area contributed by atoms with Crippen molar-refractivity contribution in [1.29, 1.82) is 0 Å². The third-order valence-corrected chi connectivity index (χ3v) is 7.73. The molecule has 154 valence electrons. The minimum atomic E-state index is -3.74. The van der Waals surface area contributed by atoms with E-state index >= 15 is 0 Å². The fourth-order valence-corrected chi connectivity index (χ4v) is 5.18. The summed E-state index contributed by atoms with van der Waals surface area (Å²) in [7, 11) is -2.19. The molecule has 0 aliphatic carbocycles. The van der Waals surface area contributed by atoms with E-state index in [1.54, 1.807) is 37.4 Å². The molecule has 7 nitrogen and oxygen atoms in total. The van der Waals surface area contributed by atoms with Crippen molar-refractivity contribution in [3.63, 3.8) is 0 Å². The second kappa shape index (κ2) is 8.87. The average molecular weight is 435 g/mol. The predicted molar refractivity (Wildman–Crippen MR) is 113 cm³/mol. The maximum atomic E-state index is 12.9. The van der Waals surface area contributed by atoms with Crippen LogP contribution in [0.2, 0.25) is 0 Å². The first-order chi connectivity index (χ1) is 13.8. The van der Waals surface area contributed by atoms with Gasteiger partial charge in [-0.15, -0.1) is 11.8 Å². The first kappa shape index (κ1) is 21.2. The van der Waals surface area contributed by atoms with Crippen LogP contribution in [-0.4, -0.2) is 38.3 Å². The van der Waals surface area contributed by atoms with Crippen LogP contribution in [0.4, 0.5) is 11.4 Å². The smallest absolute Gasteiger partial charge is 0.225 e. The summed E-state index contributed by atoms with van der Waals surface area (Å²) in [5.41, 5.74) is 1.05. The standard InChI is InChI=1S/C20H22N2O5S2/c1-13(11-20(24)21-14-3-5-15(27-2)6-4-14)29(25,26)16-7-8-18-17(12-16)22-19(23)9-10-28-18/h3-8,12-13H,9-11H2,1-2H3,(H,21,24)(H,22,23)/t13-/m0/s1. The highest BCUT2D eigenvalue weighted by atomic mass is 32.2. The van der Waals surface area contributed by atoms with E-state index in [-0.39, 0.29) is 17.2 Å². The molecule has 0 spiro atoms. The Morgan fingerprint density at radius 1 is 1.24 bits per heavy atom. The zero-order valence-electron chi connectivity index (χ0n) is 16.1. The minimum Gasteiger partial charge on any atom is -0.497 e. The van der Waals surface area contributed by atoms with Gasteiger partial charge in [0.2, 0.25) is 11.8 Å². The van der Waals surface area contributed by atoms with Crippen molar-refractivity contribution < 1.29 is 22.7 Å². The molecule has 2 aromatic carbocycles. The van der Waals surface area contributed by atoms with E-state index in [1.807, 2.05) is 0 Å². The largest absolute Gasteiger partial charge is 0.497 e. The Labute approximate surface area is 174 Å². The molecule has 1 heterocycles. The number of ether oxygens (including phenoxy) is 1. The van der Waals surface area contributed by atoms with Gasteiger partial charge in [-0.25, -0.2) is 8.42 Å². The molecule has 0 saturated carbocycles. The summed E-state index contributed by atoms with van der Waals surface area (Å²) < 4.78 is 30.9. The number of carbonyl (C=O) groups excluding carboxylic acids is 2. The number of hydrogen-bond acceptors (Lipinski definition) is 6. The van der Waals surface area contributed by atoms with Crippen LogP contribution in [-0.2, 0) is 19.4 Å². The van der Waals surface area contributed by atoms with Gasteiger partial charge in [0.25, 0.3) is 0 Å². The Bertz CT molecular complexity index is 1020. The first-order valence-electron chi connectivity index (χ1n) is 9.04. The topological polar surface area (TPSA) is 102 Å². The average Bonchev–Trinajstić information content (AvgIpc) is 2.88. The normalized spacial score (nSPS) is 14.9. The lowest BCUT2D eigenvalue weighted by molar-refractivity contribution is -0.116. The van der Waals surface area contributed by atoms with Gasteiger partial charge in [-0.05, 0) is 49.4 Å². The van der Waals surface area contributed by atoms with E-state index in [9.17, 15) is 18.0 Å². The highest BCUT2D eigenvalue weighted by Crippen LogP contribution is 2.33. The zero-order chi connectivity index (χ0) is 21.0. The molecule has 0 aromatic heterocycles. The molecular weight excluding hydrogens is 412 g/mol. The third-order valence-electron chi connectivity index (χ3n) is 4.52. The van der Waals surface area contributed by atoms with Crippen molar-refractivity contribution in [2.75, 3.05) is 23.5 Å². The summed E-state index contributed by atoms with van der Waals surface area (Å²) in [4.78, 5) is 25.0. The highest BCUT2D eigenvalue weighted by Gasteiger charge is 2.27. The quantitative estimate of drug-likeness (QED) is 0.723. The number of amides is 2. The van der Waals surface area contributed by atoms with Crippen LogP contribution in [0.25, 0.3) is 0 Å². The number of anilines is 2. The van der Waals surface area contributed by atoms with Gasteiger partial charge in [0.15, 0.2) is 9.84 Å². The minimum absolute atomic E-state index is 0.0868. The van der Waals surface area contributed by atoms with Crippen LogP contribution in [0.15, 0.2) is 52.3 Å². The van der Waals surface area contributed by atoms with E-state index in [4.69, 9.17) is 4.74 Å². The molecule has 1 atom stereocenters. The summed E-state index contributed by atoms with van der Waals surface area (Å²) in [6.07, 6.45) is 0.190. The first-order valence-corrected chi connectivity index (χ1v) is 11.6. The Morgan fingerprint density at radius 3 is 2.66 bits per heavy atom. The Kier molecular flexibility index (Phi) is 6.49. The van der Waals surface area contributed by atoms with E-state index in [1.165, 1.54) is 30.8 Å². The van der Waals surface area contributed by atoms with Gasteiger partial charge in [-0.2, -0.15) is 0 Å². The van der Waals surface area contributed by atoms with Gasteiger partial charge in [0.05, 0.1) is 22.9 Å². The number of benzene rings is 2. The molecule has 0 radical (unpaired) electrons. The van der Waals surface area contributed by atoms with E-state index in [0.717, 1.165) is 4.90 Å². The molecule has 2 N–H and O–H groups in total. The molecule has 0 fully saturated rings. The number of sulfone groups is 1. The van der Waals surface area contributed by atoms with Crippen molar-refractivity contribution in [2.45, 2.75) is 34.8 Å². The van der Waals surface area contributed by atoms with Crippen LogP contribution < -0.4 is 15.4 Å². The highest BCUT2D eigenvalue weighted by molar-refractivity contribution is 7.99. The Hall–Kier alpha value is -2.52. The van der Waals surface area contributed by atoms with Crippen molar-refractivity contribution >= 4 is 44.8 Å². The predicted octanol–water partition coefficient (Wildman–Crippen LogP) is 3.32. The fourth-order valence-electron chi connectivity index (χ4n) is 2.87. The van der Waals surface area contributed by atoms with Crippen molar-refractivity contribution in [2.24, 2.45) is 0 Å². The Morgan fingerprint density at radius 2 is 1.97 bits per heavy atom. The number of hydrogen-bond donors (Lipinski definition) is 2. The summed E-state index contributed by atoms with van der Waals surface area (Å²) in [6, 6.07) is 11.5. The number of nitrogens with one attached hydrogen (secondary N) is 2. The molecule has 1 aliphatic rings. The van der Waals surface area contributed by atoms with Gasteiger partial charge in [-0.3, -0.25) is 9.59 Å². The number of rotatable bonds is 6. The summed E-state index contributed by atoms with van der Waals surface area (Å²) >= 11 is 1.50. The number of methoxy groups -OCH3 is 1. The van der Waals surface area contributed by atoms with Crippen molar-refractivity contribution in [3.8, 4) is 5.75 Å². The van der Waals surface area contributed by atoms with E-state index in [2.05, 4.69) is 10.6 Å². The summed E-state index contributed by atoms with van der Waals surface area (Å²) in [5, 5.41) is 4.51. The maximum Gasteiger partial charge on any atom is 0.225 e. The van der Waals surface area contributed by atoms with Crippen LogP contribution in [0, 0.1) is 0 Å². The zero-order valence-corrected chi connectivity index (χ0v) is 17.7. The fraction of sp³-hybridized carbons (Fsp3) is 0.300. The van der Waals surface area contributed by atoms with Gasteiger partial charge >= 0.3 is 0 Å². The molecule has 9 heteroatoms. The lowest BCUT2D eigenvalue weighted by atomic mass is 10.2. The van der Waals surface area contributed by atoms with Crippen molar-refractivity contribution in [3.05, 3.63) is 42.5 Å².